The summed E-state index contributed by atoms with van der Waals surface area (Å²) < 4.78 is 41.1. The summed E-state index contributed by atoms with van der Waals surface area (Å²) in [4.78, 5) is 24.8. The Kier molecular flexibility index (Phi) is 4.56. The molecule has 1 fully saturated rings. The van der Waals surface area contributed by atoms with Gasteiger partial charge >= 0.3 is 12.2 Å². The summed E-state index contributed by atoms with van der Waals surface area (Å²) in [5.41, 5.74) is -3.81. The van der Waals surface area contributed by atoms with Crippen molar-refractivity contribution < 1.29 is 33.0 Å². The van der Waals surface area contributed by atoms with E-state index in [1.807, 2.05) is 0 Å². The highest BCUT2D eigenvalue weighted by molar-refractivity contribution is 6.00. The third-order valence-corrected chi connectivity index (χ3v) is 4.38. The van der Waals surface area contributed by atoms with Crippen LogP contribution in [-0.4, -0.2) is 33.9 Å². The zero-order valence-corrected chi connectivity index (χ0v) is 13.7. The van der Waals surface area contributed by atoms with Gasteiger partial charge in [-0.05, 0) is 17.7 Å². The smallest absolute Gasteiger partial charge is 0.437 e. The Morgan fingerprint density at radius 2 is 1.74 bits per heavy atom. The van der Waals surface area contributed by atoms with Crippen molar-refractivity contribution in [3.63, 3.8) is 0 Å². The molecule has 27 heavy (non-hydrogen) atoms. The minimum absolute atomic E-state index is 0.0433. The van der Waals surface area contributed by atoms with Crippen LogP contribution in [0.5, 0.6) is 5.75 Å². The number of amides is 2. The molecule has 2 aromatic carbocycles. The number of benzene rings is 2. The number of ketones is 1. The molecule has 0 spiro atoms. The van der Waals surface area contributed by atoms with E-state index in [9.17, 15) is 33.0 Å². The van der Waals surface area contributed by atoms with Crippen LogP contribution in [0.15, 0.2) is 54.6 Å². The van der Waals surface area contributed by atoms with E-state index in [0.29, 0.717) is 0 Å². The van der Waals surface area contributed by atoms with Crippen LogP contribution in [0.2, 0.25) is 0 Å². The van der Waals surface area contributed by atoms with Crippen molar-refractivity contribution in [1.29, 1.82) is 0 Å². The molecule has 0 bridgehead atoms. The number of carbonyl (C=O) groups is 2. The van der Waals surface area contributed by atoms with E-state index in [0.717, 1.165) is 6.07 Å². The number of halogens is 3. The molecule has 4 N–H and O–H groups in total. The Bertz CT molecular complexity index is 872. The van der Waals surface area contributed by atoms with Gasteiger partial charge in [-0.1, -0.05) is 42.5 Å². The zero-order valence-electron chi connectivity index (χ0n) is 13.7. The molecule has 2 amide bonds. The van der Waals surface area contributed by atoms with Crippen molar-refractivity contribution in [1.82, 2.24) is 10.6 Å². The number of nitrogens with one attached hydrogen (secondary N) is 2. The molecule has 9 heteroatoms. The van der Waals surface area contributed by atoms with Crippen molar-refractivity contribution in [2.45, 2.75) is 17.9 Å². The molecule has 0 radical (unpaired) electrons. The normalized spacial score (nSPS) is 25.4. The van der Waals surface area contributed by atoms with Crippen molar-refractivity contribution in [2.24, 2.45) is 5.92 Å². The summed E-state index contributed by atoms with van der Waals surface area (Å²) in [6.45, 7) is 0. The van der Waals surface area contributed by atoms with E-state index in [4.69, 9.17) is 0 Å². The Morgan fingerprint density at radius 3 is 2.33 bits per heavy atom. The Hall–Kier alpha value is -3.07. The largest absolute Gasteiger partial charge is 0.508 e. The monoisotopic (exact) mass is 380 g/mol. The lowest BCUT2D eigenvalue weighted by Gasteiger charge is -2.45. The van der Waals surface area contributed by atoms with Crippen molar-refractivity contribution in [3.8, 4) is 5.75 Å². The second-order valence-corrected chi connectivity index (χ2v) is 6.14. The van der Waals surface area contributed by atoms with Crippen LogP contribution in [0, 0.1) is 5.92 Å². The second-order valence-electron chi connectivity index (χ2n) is 6.14. The lowest BCUT2D eigenvalue weighted by atomic mass is 9.77. The first-order valence-electron chi connectivity index (χ1n) is 7.89. The molecule has 142 valence electrons. The number of aliphatic hydroxyl groups is 1. The molecular weight excluding hydrogens is 365 g/mol. The van der Waals surface area contributed by atoms with Crippen molar-refractivity contribution in [3.05, 3.63) is 65.7 Å². The van der Waals surface area contributed by atoms with E-state index >= 15 is 0 Å². The van der Waals surface area contributed by atoms with Crippen LogP contribution in [0.4, 0.5) is 18.0 Å². The molecule has 3 rings (SSSR count). The van der Waals surface area contributed by atoms with Gasteiger partial charge in [0.25, 0.3) is 0 Å². The first kappa shape index (κ1) is 18.7. The Balaban J connectivity index is 2.17. The number of carbonyl (C=O) groups excluding carboxylic acids is 2. The van der Waals surface area contributed by atoms with Gasteiger partial charge in [-0.25, -0.2) is 4.79 Å². The van der Waals surface area contributed by atoms with Crippen LogP contribution >= 0.6 is 0 Å². The molecule has 0 aliphatic carbocycles. The summed E-state index contributed by atoms with van der Waals surface area (Å²) >= 11 is 0. The Labute approximate surface area is 151 Å². The van der Waals surface area contributed by atoms with Gasteiger partial charge in [0.05, 0.1) is 6.04 Å². The first-order chi connectivity index (χ1) is 12.6. The molecule has 0 saturated carbocycles. The Morgan fingerprint density at radius 1 is 1.07 bits per heavy atom. The van der Waals surface area contributed by atoms with E-state index in [2.05, 4.69) is 5.32 Å². The van der Waals surface area contributed by atoms with E-state index < -0.39 is 35.7 Å². The lowest BCUT2D eigenvalue weighted by molar-refractivity contribution is -0.287. The van der Waals surface area contributed by atoms with Crippen LogP contribution in [0.3, 0.4) is 0 Å². The number of hydrogen-bond acceptors (Lipinski definition) is 4. The van der Waals surface area contributed by atoms with Gasteiger partial charge in [0.15, 0.2) is 5.78 Å². The number of hydrogen-bond donors (Lipinski definition) is 4. The van der Waals surface area contributed by atoms with Gasteiger partial charge < -0.3 is 20.8 Å². The van der Waals surface area contributed by atoms with Crippen LogP contribution < -0.4 is 10.6 Å². The van der Waals surface area contributed by atoms with E-state index in [-0.39, 0.29) is 16.9 Å². The van der Waals surface area contributed by atoms with E-state index in [1.54, 1.807) is 6.07 Å². The highest BCUT2D eigenvalue weighted by Crippen LogP contribution is 2.44. The summed E-state index contributed by atoms with van der Waals surface area (Å²) in [7, 11) is 0. The third kappa shape index (κ3) is 3.33. The summed E-state index contributed by atoms with van der Waals surface area (Å²) in [5.74, 6) is -3.41. The predicted octanol–water partition coefficient (Wildman–Crippen LogP) is 2.50. The van der Waals surface area contributed by atoms with E-state index in [1.165, 1.54) is 47.8 Å². The molecule has 1 saturated heterocycles. The number of rotatable bonds is 3. The topological polar surface area (TPSA) is 98.7 Å². The maximum Gasteiger partial charge on any atom is 0.437 e. The summed E-state index contributed by atoms with van der Waals surface area (Å²) in [6.07, 6.45) is -5.32. The standard InChI is InChI=1S/C18H15F3N2O4/c19-18(20,21)17(27)13(15(25)10-5-2-1-3-6-10)14(22-16(26)23-17)11-7-4-8-12(24)9-11/h1-9,13-14,24,27H,(H2,22,23,26)/t13-,14+,17-/m0/s1. The molecule has 3 atom stereocenters. The quantitative estimate of drug-likeness (QED) is 0.615. The fourth-order valence-corrected chi connectivity index (χ4v) is 3.12. The molecule has 2 aromatic rings. The number of urea groups is 1. The predicted molar refractivity (Wildman–Crippen MR) is 87.8 cm³/mol. The van der Waals surface area contributed by atoms with Crippen LogP contribution in [0.25, 0.3) is 0 Å². The number of phenols is 1. The molecule has 1 aliphatic rings. The average molecular weight is 380 g/mol. The number of alkyl halides is 3. The van der Waals surface area contributed by atoms with Gasteiger partial charge in [0.2, 0.25) is 5.72 Å². The van der Waals surface area contributed by atoms with Crippen molar-refractivity contribution in [2.75, 3.05) is 0 Å². The number of aromatic hydroxyl groups is 1. The third-order valence-electron chi connectivity index (χ3n) is 4.38. The molecule has 1 aliphatic heterocycles. The zero-order chi connectivity index (χ0) is 19.8. The fourth-order valence-electron chi connectivity index (χ4n) is 3.12. The lowest BCUT2D eigenvalue weighted by Crippen LogP contribution is -2.72. The molecule has 0 aromatic heterocycles. The van der Waals surface area contributed by atoms with Crippen LogP contribution in [0.1, 0.15) is 22.0 Å². The SMILES string of the molecule is O=C1N[C@H](c2cccc(O)c2)[C@@H](C(=O)c2ccccc2)[C@](O)(C(F)(F)F)N1. The second kappa shape index (κ2) is 6.58. The average Bonchev–Trinajstić information content (AvgIpc) is 2.60. The first-order valence-corrected chi connectivity index (χ1v) is 7.89. The summed E-state index contributed by atoms with van der Waals surface area (Å²) in [5, 5.41) is 23.7. The highest BCUT2D eigenvalue weighted by atomic mass is 19.4. The molecule has 0 unspecified atom stereocenters. The minimum Gasteiger partial charge on any atom is -0.508 e. The maximum atomic E-state index is 13.7. The number of Topliss-reactive ketones (excluding diaryl/α,β-unsaturated/α-hetero) is 1. The van der Waals surface area contributed by atoms with Crippen molar-refractivity contribution >= 4 is 11.8 Å². The number of phenolic OH excluding ortho intramolecular Hbond substituents is 1. The molecular formula is C18H15F3N2O4. The molecule has 6 nitrogen and oxygen atoms in total. The van der Waals surface area contributed by atoms with Gasteiger partial charge in [0, 0.05) is 5.56 Å². The minimum atomic E-state index is -5.32. The fraction of sp³-hybridized carbons (Fsp3) is 0.222. The van der Waals surface area contributed by atoms with Gasteiger partial charge in [-0.3, -0.25) is 4.79 Å². The van der Waals surface area contributed by atoms with Gasteiger partial charge in [-0.15, -0.1) is 0 Å². The highest BCUT2D eigenvalue weighted by Gasteiger charge is 2.66. The molecule has 1 heterocycles. The van der Waals surface area contributed by atoms with Gasteiger partial charge in [0.1, 0.15) is 11.7 Å². The maximum absolute atomic E-state index is 13.7. The van der Waals surface area contributed by atoms with Gasteiger partial charge in [-0.2, -0.15) is 13.2 Å². The summed E-state index contributed by atoms with van der Waals surface area (Å²) in [6, 6.07) is 9.45. The van der Waals surface area contributed by atoms with Crippen LogP contribution in [-0.2, 0) is 0 Å².